The molecular weight excluding hydrogens is 162 g/mol. The SMILES string of the molecule is CCNC(C#N)CN(C)C1CCC1. The zero-order chi connectivity index (χ0) is 9.68. The Bertz CT molecular complexity index is 181. The van der Waals surface area contributed by atoms with Crippen molar-refractivity contribution in [2.45, 2.75) is 38.3 Å². The van der Waals surface area contributed by atoms with Crippen molar-refractivity contribution >= 4 is 0 Å². The second-order valence-corrected chi connectivity index (χ2v) is 3.76. The first-order valence-corrected chi connectivity index (χ1v) is 5.11. The molecule has 1 rings (SSSR count). The summed E-state index contributed by atoms with van der Waals surface area (Å²) in [5.41, 5.74) is 0. The largest absolute Gasteiger partial charge is 0.301 e. The summed E-state index contributed by atoms with van der Waals surface area (Å²) in [6, 6.07) is 3.01. The molecule has 1 fully saturated rings. The van der Waals surface area contributed by atoms with Crippen molar-refractivity contribution < 1.29 is 0 Å². The van der Waals surface area contributed by atoms with Crippen LogP contribution in [0, 0.1) is 11.3 Å². The molecule has 0 saturated heterocycles. The Kier molecular flexibility index (Phi) is 4.20. The molecule has 0 aromatic rings. The summed E-state index contributed by atoms with van der Waals surface area (Å²) < 4.78 is 0. The van der Waals surface area contributed by atoms with Crippen LogP contribution in [-0.2, 0) is 0 Å². The highest BCUT2D eigenvalue weighted by Crippen LogP contribution is 2.23. The predicted octanol–water partition coefficient (Wildman–Crippen LogP) is 0.972. The molecule has 0 spiro atoms. The number of hydrogen-bond acceptors (Lipinski definition) is 3. The van der Waals surface area contributed by atoms with Gasteiger partial charge in [-0.1, -0.05) is 13.3 Å². The van der Waals surface area contributed by atoms with Gasteiger partial charge in [0.15, 0.2) is 0 Å². The molecular formula is C10H19N3. The minimum atomic E-state index is -0.00407. The van der Waals surface area contributed by atoms with Crippen molar-refractivity contribution in [2.24, 2.45) is 0 Å². The monoisotopic (exact) mass is 181 g/mol. The maximum Gasteiger partial charge on any atom is 0.108 e. The van der Waals surface area contributed by atoms with E-state index >= 15 is 0 Å². The van der Waals surface area contributed by atoms with Crippen LogP contribution in [0.4, 0.5) is 0 Å². The first-order valence-electron chi connectivity index (χ1n) is 5.11. The maximum atomic E-state index is 8.84. The number of likely N-dealkylation sites (N-methyl/N-ethyl adjacent to an activating group) is 2. The first kappa shape index (κ1) is 10.5. The number of hydrogen-bond donors (Lipinski definition) is 1. The summed E-state index contributed by atoms with van der Waals surface area (Å²) in [7, 11) is 2.12. The molecule has 1 unspecified atom stereocenters. The van der Waals surface area contributed by atoms with Gasteiger partial charge in [-0.15, -0.1) is 0 Å². The van der Waals surface area contributed by atoms with Crippen LogP contribution in [-0.4, -0.2) is 37.1 Å². The van der Waals surface area contributed by atoms with Crippen molar-refractivity contribution in [3.8, 4) is 6.07 Å². The van der Waals surface area contributed by atoms with E-state index < -0.39 is 0 Å². The van der Waals surface area contributed by atoms with Gasteiger partial charge < -0.3 is 10.2 Å². The number of nitrogens with one attached hydrogen (secondary N) is 1. The Morgan fingerprint density at radius 3 is 2.69 bits per heavy atom. The molecule has 74 valence electrons. The van der Waals surface area contributed by atoms with Crippen molar-refractivity contribution in [3.63, 3.8) is 0 Å². The van der Waals surface area contributed by atoms with E-state index in [-0.39, 0.29) is 6.04 Å². The number of nitrogens with zero attached hydrogens (tertiary/aromatic N) is 2. The molecule has 0 aromatic carbocycles. The van der Waals surface area contributed by atoms with Gasteiger partial charge in [-0.05, 0) is 26.4 Å². The van der Waals surface area contributed by atoms with Crippen LogP contribution in [0.5, 0.6) is 0 Å². The molecule has 0 aromatic heterocycles. The van der Waals surface area contributed by atoms with Crippen molar-refractivity contribution in [1.29, 1.82) is 5.26 Å². The summed E-state index contributed by atoms with van der Waals surface area (Å²) in [6.07, 6.45) is 3.97. The second kappa shape index (κ2) is 5.21. The maximum absolute atomic E-state index is 8.84. The molecule has 0 bridgehead atoms. The highest BCUT2D eigenvalue weighted by atomic mass is 15.2. The molecule has 0 radical (unpaired) electrons. The third-order valence-electron chi connectivity index (χ3n) is 2.77. The van der Waals surface area contributed by atoms with E-state index in [1.807, 2.05) is 6.92 Å². The van der Waals surface area contributed by atoms with Crippen molar-refractivity contribution in [2.75, 3.05) is 20.1 Å². The highest BCUT2D eigenvalue weighted by molar-refractivity contribution is 4.93. The molecule has 1 aliphatic rings. The minimum absolute atomic E-state index is 0.00407. The van der Waals surface area contributed by atoms with Crippen LogP contribution in [0.3, 0.4) is 0 Å². The Morgan fingerprint density at radius 2 is 2.31 bits per heavy atom. The molecule has 1 aliphatic carbocycles. The third kappa shape index (κ3) is 2.98. The molecule has 3 heteroatoms. The first-order chi connectivity index (χ1) is 6.27. The number of rotatable bonds is 5. The standard InChI is InChI=1S/C10H19N3/c1-3-12-9(7-11)8-13(2)10-5-4-6-10/h9-10,12H,3-6,8H2,1-2H3. The third-order valence-corrected chi connectivity index (χ3v) is 2.77. The lowest BCUT2D eigenvalue weighted by atomic mass is 9.91. The average molecular weight is 181 g/mol. The van der Waals surface area contributed by atoms with Gasteiger partial charge in [0.2, 0.25) is 0 Å². The van der Waals surface area contributed by atoms with Gasteiger partial charge in [0.1, 0.15) is 6.04 Å². The zero-order valence-corrected chi connectivity index (χ0v) is 8.58. The minimum Gasteiger partial charge on any atom is -0.301 e. The summed E-state index contributed by atoms with van der Waals surface area (Å²) >= 11 is 0. The molecule has 1 saturated carbocycles. The van der Waals surface area contributed by atoms with E-state index in [4.69, 9.17) is 5.26 Å². The lowest BCUT2D eigenvalue weighted by Crippen LogP contribution is -2.45. The van der Waals surface area contributed by atoms with Gasteiger partial charge in [-0.25, -0.2) is 0 Å². The molecule has 0 amide bonds. The molecule has 1 atom stereocenters. The van der Waals surface area contributed by atoms with Crippen LogP contribution in [0.1, 0.15) is 26.2 Å². The van der Waals surface area contributed by atoms with Crippen LogP contribution < -0.4 is 5.32 Å². The lowest BCUT2D eigenvalue weighted by molar-refractivity contribution is 0.153. The van der Waals surface area contributed by atoms with Gasteiger partial charge >= 0.3 is 0 Å². The van der Waals surface area contributed by atoms with Gasteiger partial charge in [0.05, 0.1) is 6.07 Å². The Hall–Kier alpha value is -0.590. The van der Waals surface area contributed by atoms with Gasteiger partial charge in [0, 0.05) is 12.6 Å². The fourth-order valence-corrected chi connectivity index (χ4v) is 1.66. The average Bonchev–Trinajstić information content (AvgIpc) is 2.00. The highest BCUT2D eigenvalue weighted by Gasteiger charge is 2.23. The summed E-state index contributed by atoms with van der Waals surface area (Å²) in [6.45, 7) is 3.76. The normalized spacial score (nSPS) is 19.5. The van der Waals surface area contributed by atoms with Crippen LogP contribution >= 0.6 is 0 Å². The van der Waals surface area contributed by atoms with Crippen LogP contribution in [0.25, 0.3) is 0 Å². The van der Waals surface area contributed by atoms with E-state index in [0.29, 0.717) is 0 Å². The van der Waals surface area contributed by atoms with Crippen molar-refractivity contribution in [1.82, 2.24) is 10.2 Å². The van der Waals surface area contributed by atoms with Crippen LogP contribution in [0.15, 0.2) is 0 Å². The summed E-state index contributed by atoms with van der Waals surface area (Å²) in [5, 5.41) is 12.0. The Labute approximate surface area is 80.7 Å². The van der Waals surface area contributed by atoms with Crippen molar-refractivity contribution in [3.05, 3.63) is 0 Å². The Balaban J connectivity index is 2.24. The quantitative estimate of drug-likeness (QED) is 0.687. The van der Waals surface area contributed by atoms with E-state index in [1.165, 1.54) is 19.3 Å². The molecule has 1 N–H and O–H groups in total. The smallest absolute Gasteiger partial charge is 0.108 e. The molecule has 0 heterocycles. The summed E-state index contributed by atoms with van der Waals surface area (Å²) in [5.74, 6) is 0. The van der Waals surface area contributed by atoms with E-state index in [0.717, 1.165) is 19.1 Å². The van der Waals surface area contributed by atoms with E-state index in [9.17, 15) is 0 Å². The zero-order valence-electron chi connectivity index (χ0n) is 8.58. The molecule has 0 aliphatic heterocycles. The topological polar surface area (TPSA) is 39.1 Å². The fraction of sp³-hybridized carbons (Fsp3) is 0.900. The van der Waals surface area contributed by atoms with E-state index in [1.54, 1.807) is 0 Å². The summed E-state index contributed by atoms with van der Waals surface area (Å²) in [4.78, 5) is 2.31. The van der Waals surface area contributed by atoms with Crippen LogP contribution in [0.2, 0.25) is 0 Å². The lowest BCUT2D eigenvalue weighted by Gasteiger charge is -2.35. The van der Waals surface area contributed by atoms with Gasteiger partial charge in [0.25, 0.3) is 0 Å². The molecule has 3 nitrogen and oxygen atoms in total. The van der Waals surface area contributed by atoms with Gasteiger partial charge in [-0.3, -0.25) is 0 Å². The number of nitriles is 1. The predicted molar refractivity (Wildman–Crippen MR) is 53.3 cm³/mol. The second-order valence-electron chi connectivity index (χ2n) is 3.76. The molecule has 13 heavy (non-hydrogen) atoms. The van der Waals surface area contributed by atoms with Gasteiger partial charge in [-0.2, -0.15) is 5.26 Å². The fourth-order valence-electron chi connectivity index (χ4n) is 1.66. The Morgan fingerprint density at radius 1 is 1.62 bits per heavy atom. The van der Waals surface area contributed by atoms with E-state index in [2.05, 4.69) is 23.3 Å².